The third-order valence-electron chi connectivity index (χ3n) is 5.57. The van der Waals surface area contributed by atoms with E-state index in [1.54, 1.807) is 12.1 Å². The van der Waals surface area contributed by atoms with Gasteiger partial charge in [-0.15, -0.1) is 0 Å². The molecule has 1 aliphatic heterocycles. The number of aryl methyl sites for hydroxylation is 1. The summed E-state index contributed by atoms with van der Waals surface area (Å²) < 4.78 is 13.7. The molecule has 1 unspecified atom stereocenters. The Morgan fingerprint density at radius 3 is 2.84 bits per heavy atom. The molecule has 0 spiro atoms. The van der Waals surface area contributed by atoms with Crippen LogP contribution in [-0.2, 0) is 11.3 Å². The van der Waals surface area contributed by atoms with Crippen LogP contribution in [0.4, 0.5) is 0 Å². The number of morpholine rings is 1. The van der Waals surface area contributed by atoms with Crippen LogP contribution in [0, 0.1) is 12.8 Å². The molecule has 3 aromatic rings. The number of nitrogens with zero attached hydrogens (tertiary/aromatic N) is 3. The first-order chi connectivity index (χ1) is 15.5. The number of imidazole rings is 1. The summed E-state index contributed by atoms with van der Waals surface area (Å²) in [5.41, 5.74) is 3.53. The quantitative estimate of drug-likeness (QED) is 0.587. The molecular formula is C25H32N4O3. The molecule has 1 atom stereocenters. The number of pyridine rings is 1. The zero-order chi connectivity index (χ0) is 22.5. The van der Waals surface area contributed by atoms with E-state index in [0.29, 0.717) is 37.0 Å². The lowest BCUT2D eigenvalue weighted by molar-refractivity contribution is -0.0295. The van der Waals surface area contributed by atoms with Crippen molar-refractivity contribution in [3.8, 4) is 5.75 Å². The van der Waals surface area contributed by atoms with Crippen LogP contribution in [0.5, 0.6) is 5.75 Å². The number of fused-ring (bicyclic) bond motifs is 1. The molecule has 1 amide bonds. The molecule has 0 radical (unpaired) electrons. The molecule has 4 rings (SSSR count). The van der Waals surface area contributed by atoms with Gasteiger partial charge in [0, 0.05) is 44.1 Å². The molecule has 7 heteroatoms. The molecule has 1 fully saturated rings. The Balaban J connectivity index is 1.26. The van der Waals surface area contributed by atoms with Crippen LogP contribution in [0.1, 0.15) is 35.5 Å². The highest BCUT2D eigenvalue weighted by Crippen LogP contribution is 2.16. The van der Waals surface area contributed by atoms with Crippen molar-refractivity contribution in [2.75, 3.05) is 32.8 Å². The van der Waals surface area contributed by atoms with Gasteiger partial charge in [0.2, 0.25) is 0 Å². The number of ether oxygens (including phenoxy) is 2. The van der Waals surface area contributed by atoms with Gasteiger partial charge in [-0.05, 0) is 48.7 Å². The topological polar surface area (TPSA) is 68.1 Å². The summed E-state index contributed by atoms with van der Waals surface area (Å²) in [7, 11) is 0. The SMILES string of the molecule is Cc1cccn2cc(COc3ccc(C(=O)NCC4CN(CC(C)C)CCO4)cc3)nc12. The van der Waals surface area contributed by atoms with E-state index in [1.165, 1.54) is 0 Å². The Bertz CT molecular complexity index is 1050. The zero-order valence-corrected chi connectivity index (χ0v) is 19.1. The summed E-state index contributed by atoms with van der Waals surface area (Å²) in [5, 5.41) is 3.00. The van der Waals surface area contributed by atoms with Crippen LogP contribution < -0.4 is 10.1 Å². The Morgan fingerprint density at radius 2 is 2.09 bits per heavy atom. The largest absolute Gasteiger partial charge is 0.487 e. The number of carbonyl (C=O) groups excluding carboxylic acids is 1. The second-order valence-corrected chi connectivity index (χ2v) is 8.82. The van der Waals surface area contributed by atoms with Crippen molar-refractivity contribution < 1.29 is 14.3 Å². The first-order valence-corrected chi connectivity index (χ1v) is 11.3. The summed E-state index contributed by atoms with van der Waals surface area (Å²) in [6, 6.07) is 11.2. The average molecular weight is 437 g/mol. The number of nitrogens with one attached hydrogen (secondary N) is 1. The van der Waals surface area contributed by atoms with Gasteiger partial charge in [0.25, 0.3) is 5.91 Å². The second kappa shape index (κ2) is 10.1. The zero-order valence-electron chi connectivity index (χ0n) is 19.1. The van der Waals surface area contributed by atoms with Gasteiger partial charge in [-0.1, -0.05) is 19.9 Å². The maximum Gasteiger partial charge on any atom is 0.251 e. The first-order valence-electron chi connectivity index (χ1n) is 11.3. The fourth-order valence-corrected chi connectivity index (χ4v) is 4.03. The third-order valence-corrected chi connectivity index (χ3v) is 5.57. The summed E-state index contributed by atoms with van der Waals surface area (Å²) >= 11 is 0. The number of hydrogen-bond donors (Lipinski definition) is 1. The fourth-order valence-electron chi connectivity index (χ4n) is 4.03. The van der Waals surface area contributed by atoms with Crippen LogP contribution >= 0.6 is 0 Å². The minimum atomic E-state index is -0.100. The molecule has 170 valence electrons. The molecule has 0 saturated carbocycles. The van der Waals surface area contributed by atoms with E-state index in [9.17, 15) is 4.79 Å². The highest BCUT2D eigenvalue weighted by Gasteiger charge is 2.21. The fraction of sp³-hybridized carbons (Fsp3) is 0.440. The van der Waals surface area contributed by atoms with E-state index in [4.69, 9.17) is 9.47 Å². The number of amides is 1. The molecule has 1 saturated heterocycles. The minimum absolute atomic E-state index is 0.0307. The molecule has 1 aliphatic rings. The molecule has 1 aromatic carbocycles. The summed E-state index contributed by atoms with van der Waals surface area (Å²) in [6.07, 6.45) is 3.98. The van der Waals surface area contributed by atoms with E-state index in [-0.39, 0.29) is 12.0 Å². The molecular weight excluding hydrogens is 404 g/mol. The van der Waals surface area contributed by atoms with E-state index >= 15 is 0 Å². The molecule has 32 heavy (non-hydrogen) atoms. The lowest BCUT2D eigenvalue weighted by Gasteiger charge is -2.33. The van der Waals surface area contributed by atoms with Gasteiger partial charge in [-0.25, -0.2) is 4.98 Å². The smallest absolute Gasteiger partial charge is 0.251 e. The normalized spacial score (nSPS) is 17.1. The lowest BCUT2D eigenvalue weighted by Crippen LogP contribution is -2.48. The predicted octanol–water partition coefficient (Wildman–Crippen LogP) is 3.31. The van der Waals surface area contributed by atoms with Crippen LogP contribution in [0.25, 0.3) is 5.65 Å². The van der Waals surface area contributed by atoms with Gasteiger partial charge in [0.05, 0.1) is 18.4 Å². The monoisotopic (exact) mass is 436 g/mol. The van der Waals surface area contributed by atoms with Gasteiger partial charge in [-0.2, -0.15) is 0 Å². The highest BCUT2D eigenvalue weighted by molar-refractivity contribution is 5.94. The van der Waals surface area contributed by atoms with Crippen molar-refractivity contribution in [1.82, 2.24) is 19.6 Å². The van der Waals surface area contributed by atoms with Gasteiger partial charge < -0.3 is 19.2 Å². The van der Waals surface area contributed by atoms with Gasteiger partial charge in [0.15, 0.2) is 0 Å². The summed E-state index contributed by atoms with van der Waals surface area (Å²) in [4.78, 5) is 19.6. The van der Waals surface area contributed by atoms with E-state index in [0.717, 1.165) is 36.5 Å². The standard InChI is InChI=1S/C25H32N4O3/c1-18(2)14-28-11-12-31-23(16-28)13-26-25(30)20-6-8-22(9-7-20)32-17-21-15-29-10-4-5-19(3)24(29)27-21/h4-10,15,18,23H,11-14,16-17H2,1-3H3,(H,26,30). The van der Waals surface area contributed by atoms with E-state index in [1.807, 2.05) is 48.0 Å². The van der Waals surface area contributed by atoms with Crippen molar-refractivity contribution >= 4 is 11.6 Å². The predicted molar refractivity (Wildman–Crippen MR) is 124 cm³/mol. The molecule has 3 heterocycles. The molecule has 7 nitrogen and oxygen atoms in total. The van der Waals surface area contributed by atoms with Gasteiger partial charge in [-0.3, -0.25) is 9.69 Å². The maximum atomic E-state index is 12.5. The van der Waals surface area contributed by atoms with Crippen molar-refractivity contribution in [2.45, 2.75) is 33.5 Å². The summed E-state index contributed by atoms with van der Waals surface area (Å²) in [5.74, 6) is 1.23. The molecule has 2 aromatic heterocycles. The Labute approximate surface area is 189 Å². The average Bonchev–Trinajstić information content (AvgIpc) is 3.21. The van der Waals surface area contributed by atoms with Crippen molar-refractivity contribution in [3.63, 3.8) is 0 Å². The van der Waals surface area contributed by atoms with Gasteiger partial charge in [0.1, 0.15) is 18.0 Å². The Kier molecular flexibility index (Phi) is 7.07. The second-order valence-electron chi connectivity index (χ2n) is 8.82. The third kappa shape index (κ3) is 5.66. The molecule has 0 aliphatic carbocycles. The molecule has 1 N–H and O–H groups in total. The van der Waals surface area contributed by atoms with E-state index in [2.05, 4.69) is 29.0 Å². The van der Waals surface area contributed by atoms with Crippen LogP contribution in [0.15, 0.2) is 48.8 Å². The van der Waals surface area contributed by atoms with Crippen LogP contribution in [-0.4, -0.2) is 59.1 Å². The molecule has 0 bridgehead atoms. The van der Waals surface area contributed by atoms with Gasteiger partial charge >= 0.3 is 0 Å². The number of rotatable bonds is 8. The Hall–Kier alpha value is -2.90. The Morgan fingerprint density at radius 1 is 1.28 bits per heavy atom. The maximum absolute atomic E-state index is 12.5. The minimum Gasteiger partial charge on any atom is -0.487 e. The highest BCUT2D eigenvalue weighted by atomic mass is 16.5. The summed E-state index contributed by atoms with van der Waals surface area (Å²) in [6.45, 7) is 11.0. The van der Waals surface area contributed by atoms with E-state index < -0.39 is 0 Å². The van der Waals surface area contributed by atoms with Crippen molar-refractivity contribution in [2.24, 2.45) is 5.92 Å². The van der Waals surface area contributed by atoms with Crippen LogP contribution in [0.3, 0.4) is 0 Å². The van der Waals surface area contributed by atoms with Crippen molar-refractivity contribution in [3.05, 3.63) is 65.6 Å². The number of aromatic nitrogens is 2. The van der Waals surface area contributed by atoms with Crippen LogP contribution in [0.2, 0.25) is 0 Å². The number of hydrogen-bond acceptors (Lipinski definition) is 5. The number of carbonyl (C=O) groups is 1. The van der Waals surface area contributed by atoms with Crippen molar-refractivity contribution in [1.29, 1.82) is 0 Å². The number of benzene rings is 1. The first kappa shape index (κ1) is 22.3. The lowest BCUT2D eigenvalue weighted by atomic mass is 10.1.